The quantitative estimate of drug-likeness (QED) is 0.281. The van der Waals surface area contributed by atoms with E-state index in [1.165, 1.54) is 0 Å². The average Bonchev–Trinajstić information content (AvgIpc) is 2.37. The number of hydrogen-bond donors (Lipinski definition) is 2. The summed E-state index contributed by atoms with van der Waals surface area (Å²) >= 11 is 6.09. The monoisotopic (exact) mass is 314 g/mol. The van der Waals surface area contributed by atoms with E-state index in [1.807, 2.05) is 19.9 Å². The lowest BCUT2D eigenvalue weighted by Gasteiger charge is -2.13. The van der Waals surface area contributed by atoms with Crippen molar-refractivity contribution in [1.29, 1.82) is 0 Å². The molecule has 2 N–H and O–H groups in total. The van der Waals surface area contributed by atoms with Crippen LogP contribution in [0.25, 0.3) is 0 Å². The number of unbranched alkanes of at least 4 members (excludes halogenated alkanes) is 1. The molecule has 5 heteroatoms. The van der Waals surface area contributed by atoms with E-state index in [1.54, 1.807) is 13.0 Å². The highest BCUT2D eigenvalue weighted by Crippen LogP contribution is 2.08. The summed E-state index contributed by atoms with van der Waals surface area (Å²) in [5, 5.41) is 5.67. The molecule has 4 nitrogen and oxygen atoms in total. The van der Waals surface area contributed by atoms with E-state index < -0.39 is 0 Å². The fourth-order valence-electron chi connectivity index (χ4n) is 1.50. The first-order chi connectivity index (χ1) is 9.86. The summed E-state index contributed by atoms with van der Waals surface area (Å²) in [6.45, 7) is 12.1. The largest absolute Gasteiger partial charge is 0.467 e. The van der Waals surface area contributed by atoms with Crippen LogP contribution in [0, 0.1) is 0 Å². The van der Waals surface area contributed by atoms with Crippen molar-refractivity contribution >= 4 is 17.5 Å². The Morgan fingerprint density at radius 2 is 2.00 bits per heavy atom. The van der Waals surface area contributed by atoms with E-state index in [0.717, 1.165) is 18.5 Å². The maximum Gasteiger partial charge on any atom is 0.239 e. The molecule has 0 saturated heterocycles. The van der Waals surface area contributed by atoms with Gasteiger partial charge in [0.2, 0.25) is 5.91 Å². The number of halogens is 1. The second kappa shape index (κ2) is 11.3. The predicted molar refractivity (Wildman–Crippen MR) is 89.0 cm³/mol. The lowest BCUT2D eigenvalue weighted by Crippen LogP contribution is -2.35. The number of ether oxygens (including phenoxy) is 1. The lowest BCUT2D eigenvalue weighted by molar-refractivity contribution is -0.120. The van der Waals surface area contributed by atoms with Crippen LogP contribution in [0.15, 0.2) is 35.9 Å². The third kappa shape index (κ3) is 11.0. The summed E-state index contributed by atoms with van der Waals surface area (Å²) in [5.74, 6) is 1.30. The van der Waals surface area contributed by atoms with Crippen molar-refractivity contribution in [3.8, 4) is 0 Å². The Hall–Kier alpha value is -1.42. The first-order valence-electron chi connectivity index (χ1n) is 7.23. The highest BCUT2D eigenvalue weighted by atomic mass is 35.5. The van der Waals surface area contributed by atoms with Gasteiger partial charge in [0.25, 0.3) is 0 Å². The third-order valence-electron chi connectivity index (χ3n) is 2.57. The number of hydrogen-bond acceptors (Lipinski definition) is 3. The number of carbonyl (C=O) groups excluding carboxylic acids is 1. The lowest BCUT2D eigenvalue weighted by atomic mass is 10.3. The number of nitrogens with one attached hydrogen (secondary N) is 2. The molecule has 1 atom stereocenters. The molecule has 1 amide bonds. The molecule has 0 fully saturated rings. The fraction of sp³-hybridized carbons (Fsp3) is 0.562. The van der Waals surface area contributed by atoms with Crippen LogP contribution >= 0.6 is 11.6 Å². The molecular weight excluding hydrogens is 288 g/mol. The van der Waals surface area contributed by atoms with Crippen LogP contribution in [0.4, 0.5) is 0 Å². The Labute approximate surface area is 133 Å². The Balaban J connectivity index is 4.43. The fourth-order valence-corrected chi connectivity index (χ4v) is 1.65. The van der Waals surface area contributed by atoms with Crippen molar-refractivity contribution in [3.63, 3.8) is 0 Å². The van der Waals surface area contributed by atoms with Crippen LogP contribution in [0.2, 0.25) is 0 Å². The second-order valence-corrected chi connectivity index (χ2v) is 5.53. The van der Waals surface area contributed by atoms with Crippen LogP contribution in [-0.2, 0) is 9.53 Å². The number of allylic oxidation sites excluding steroid dienone is 5. The van der Waals surface area contributed by atoms with Crippen molar-refractivity contribution in [1.82, 2.24) is 10.6 Å². The zero-order valence-electron chi connectivity index (χ0n) is 13.5. The molecule has 0 aliphatic carbocycles. The van der Waals surface area contributed by atoms with Gasteiger partial charge in [-0.25, -0.2) is 0 Å². The average molecular weight is 315 g/mol. The Kier molecular flexibility index (Phi) is 10.5. The molecule has 0 rings (SSSR count). The molecule has 0 aromatic heterocycles. The summed E-state index contributed by atoms with van der Waals surface area (Å²) in [6.07, 6.45) is 5.66. The molecule has 0 heterocycles. The Morgan fingerprint density at radius 3 is 2.52 bits per heavy atom. The summed E-state index contributed by atoms with van der Waals surface area (Å²) in [4.78, 5) is 11.6. The molecule has 0 aromatic rings. The van der Waals surface area contributed by atoms with Gasteiger partial charge in [0.15, 0.2) is 0 Å². The van der Waals surface area contributed by atoms with Crippen molar-refractivity contribution in [3.05, 3.63) is 35.9 Å². The van der Waals surface area contributed by atoms with E-state index in [4.69, 9.17) is 16.3 Å². The number of carbonyl (C=O) groups is 1. The SMILES string of the molecule is C=C(C)O/C(C)=C/C=C(/NCC(=O)NCCCC)C(C)Cl. The third-order valence-corrected chi connectivity index (χ3v) is 2.80. The molecule has 0 aliphatic rings. The van der Waals surface area contributed by atoms with E-state index in [9.17, 15) is 4.79 Å². The standard InChI is InChI=1S/C16H27ClN2O2/c1-6-7-10-18-16(20)11-19-15(14(5)17)9-8-13(4)21-12(2)3/h8-9,14,19H,2,6-7,10-11H2,1,3-5H3,(H,18,20)/b13-8+,15-9+. The van der Waals surface area contributed by atoms with E-state index >= 15 is 0 Å². The van der Waals surface area contributed by atoms with E-state index in [0.29, 0.717) is 18.1 Å². The van der Waals surface area contributed by atoms with Gasteiger partial charge >= 0.3 is 0 Å². The van der Waals surface area contributed by atoms with E-state index in [2.05, 4.69) is 24.1 Å². The first-order valence-corrected chi connectivity index (χ1v) is 7.67. The second-order valence-electron chi connectivity index (χ2n) is 4.88. The normalized spacial score (nSPS) is 13.6. The van der Waals surface area contributed by atoms with Gasteiger partial charge in [0.05, 0.1) is 17.7 Å². The van der Waals surface area contributed by atoms with Gasteiger partial charge in [0, 0.05) is 12.2 Å². The summed E-state index contributed by atoms with van der Waals surface area (Å²) < 4.78 is 5.34. The van der Waals surface area contributed by atoms with Gasteiger partial charge in [-0.3, -0.25) is 4.79 Å². The molecule has 0 radical (unpaired) electrons. The van der Waals surface area contributed by atoms with Crippen LogP contribution in [0.1, 0.15) is 40.5 Å². The van der Waals surface area contributed by atoms with Crippen LogP contribution in [-0.4, -0.2) is 24.4 Å². The number of rotatable bonds is 10. The van der Waals surface area contributed by atoms with Gasteiger partial charge < -0.3 is 15.4 Å². The minimum Gasteiger partial charge on any atom is -0.467 e. The molecular formula is C16H27ClN2O2. The maximum absolute atomic E-state index is 11.6. The minimum absolute atomic E-state index is 0.0365. The zero-order chi connectivity index (χ0) is 16.3. The summed E-state index contributed by atoms with van der Waals surface area (Å²) in [6, 6.07) is 0. The van der Waals surface area contributed by atoms with Crippen LogP contribution in [0.3, 0.4) is 0 Å². The molecule has 0 saturated carbocycles. The van der Waals surface area contributed by atoms with Gasteiger partial charge in [0.1, 0.15) is 5.76 Å². The van der Waals surface area contributed by atoms with Gasteiger partial charge in [-0.05, 0) is 39.3 Å². The van der Waals surface area contributed by atoms with Crippen LogP contribution in [0.5, 0.6) is 0 Å². The van der Waals surface area contributed by atoms with Crippen molar-refractivity contribution in [2.45, 2.75) is 45.9 Å². The highest BCUT2D eigenvalue weighted by molar-refractivity contribution is 6.22. The molecule has 120 valence electrons. The minimum atomic E-state index is -0.220. The van der Waals surface area contributed by atoms with Crippen molar-refractivity contribution in [2.24, 2.45) is 0 Å². The maximum atomic E-state index is 11.6. The predicted octanol–water partition coefficient (Wildman–Crippen LogP) is 3.46. The van der Waals surface area contributed by atoms with Crippen molar-refractivity contribution < 1.29 is 9.53 Å². The molecule has 0 aromatic carbocycles. The Bertz CT molecular complexity index is 401. The van der Waals surface area contributed by atoms with Crippen molar-refractivity contribution in [2.75, 3.05) is 13.1 Å². The smallest absolute Gasteiger partial charge is 0.239 e. The molecule has 21 heavy (non-hydrogen) atoms. The number of amides is 1. The Morgan fingerprint density at radius 1 is 1.33 bits per heavy atom. The van der Waals surface area contributed by atoms with Crippen LogP contribution < -0.4 is 10.6 Å². The zero-order valence-corrected chi connectivity index (χ0v) is 14.2. The van der Waals surface area contributed by atoms with Gasteiger partial charge in [-0.15, -0.1) is 11.6 Å². The first kappa shape index (κ1) is 19.6. The number of alkyl halides is 1. The molecule has 1 unspecified atom stereocenters. The molecule has 0 bridgehead atoms. The highest BCUT2D eigenvalue weighted by Gasteiger charge is 2.06. The van der Waals surface area contributed by atoms with Gasteiger partial charge in [-0.1, -0.05) is 19.9 Å². The summed E-state index contributed by atoms with van der Waals surface area (Å²) in [7, 11) is 0. The molecule has 0 aliphatic heterocycles. The van der Waals surface area contributed by atoms with Gasteiger partial charge in [-0.2, -0.15) is 0 Å². The summed E-state index contributed by atoms with van der Waals surface area (Å²) in [5.41, 5.74) is 0.770. The van der Waals surface area contributed by atoms with E-state index in [-0.39, 0.29) is 17.8 Å². The topological polar surface area (TPSA) is 50.4 Å². The molecule has 0 spiro atoms.